The molecule has 0 aliphatic heterocycles. The fourth-order valence-corrected chi connectivity index (χ4v) is 2.10. The Labute approximate surface area is 170 Å². The van der Waals surface area contributed by atoms with Gasteiger partial charge in [0.15, 0.2) is 0 Å². The van der Waals surface area contributed by atoms with Crippen molar-refractivity contribution >= 4 is 23.0 Å². The van der Waals surface area contributed by atoms with E-state index < -0.39 is 17.8 Å². The first-order valence-electron chi connectivity index (χ1n) is 9.26. The van der Waals surface area contributed by atoms with Crippen molar-refractivity contribution in [1.29, 1.82) is 5.41 Å². The topological polar surface area (TPSA) is 91.9 Å². The van der Waals surface area contributed by atoms with Crippen LogP contribution in [0.1, 0.15) is 51.6 Å². The van der Waals surface area contributed by atoms with Crippen molar-refractivity contribution in [2.75, 3.05) is 11.1 Å². The number of nitrogens with two attached hydrogens (primary N) is 1. The van der Waals surface area contributed by atoms with Gasteiger partial charge in [-0.25, -0.2) is 4.98 Å². The number of nitrogens with one attached hydrogen (secondary N) is 2. The summed E-state index contributed by atoms with van der Waals surface area (Å²) in [5, 5.41) is 9.10. The second kappa shape index (κ2) is 12.5. The first-order valence-corrected chi connectivity index (χ1v) is 9.26. The molecule has 160 valence electrons. The van der Waals surface area contributed by atoms with Crippen molar-refractivity contribution in [3.63, 3.8) is 0 Å². The molecule has 4 N–H and O–H groups in total. The third-order valence-corrected chi connectivity index (χ3v) is 3.25. The van der Waals surface area contributed by atoms with Gasteiger partial charge in [-0.05, 0) is 50.1 Å². The van der Waals surface area contributed by atoms with Gasteiger partial charge in [0.1, 0.15) is 5.69 Å². The van der Waals surface area contributed by atoms with E-state index >= 15 is 0 Å². The summed E-state index contributed by atoms with van der Waals surface area (Å²) in [6, 6.07) is 8.60. The number of nitrogen functional groups attached to an aromatic ring is 1. The molecule has 1 amide bonds. The maximum absolute atomic E-state index is 12.6. The molecule has 0 saturated carbocycles. The Bertz CT molecular complexity index is 801. The number of aryl methyl sites for hydroxylation is 1. The monoisotopic (exact) mass is 410 g/mol. The number of pyridine rings is 1. The van der Waals surface area contributed by atoms with Crippen LogP contribution in [0.3, 0.4) is 0 Å². The van der Waals surface area contributed by atoms with Crippen molar-refractivity contribution < 1.29 is 18.0 Å². The number of hydrogen-bond acceptors (Lipinski definition) is 4. The highest BCUT2D eigenvalue weighted by molar-refractivity contribution is 5.92. The highest BCUT2D eigenvalue weighted by Crippen LogP contribution is 2.27. The number of hydrogen-bond donors (Lipinski definition) is 3. The van der Waals surface area contributed by atoms with E-state index in [4.69, 9.17) is 11.1 Å². The van der Waals surface area contributed by atoms with E-state index in [1.54, 1.807) is 32.0 Å². The van der Waals surface area contributed by atoms with Gasteiger partial charge in [-0.15, -0.1) is 0 Å². The summed E-state index contributed by atoms with van der Waals surface area (Å²) in [6.07, 6.45) is -4.01. The molecule has 0 aliphatic rings. The molecule has 0 fully saturated rings. The minimum atomic E-state index is -4.53. The molecule has 1 aromatic heterocycles. The lowest BCUT2D eigenvalue weighted by atomic mass is 10.1. The molecule has 8 heteroatoms. The Balaban J connectivity index is 0.00000116. The largest absolute Gasteiger partial charge is 0.433 e. The normalized spacial score (nSPS) is 10.1. The van der Waals surface area contributed by atoms with Gasteiger partial charge in [0.2, 0.25) is 5.91 Å². The molecule has 0 saturated heterocycles. The highest BCUT2D eigenvalue weighted by atomic mass is 19.4. The van der Waals surface area contributed by atoms with Gasteiger partial charge in [0, 0.05) is 17.1 Å². The third-order valence-electron chi connectivity index (χ3n) is 3.25. The van der Waals surface area contributed by atoms with Crippen LogP contribution in [0.2, 0.25) is 0 Å². The molecule has 5 nitrogen and oxygen atoms in total. The van der Waals surface area contributed by atoms with Crippen molar-refractivity contribution in [2.24, 2.45) is 0 Å². The van der Waals surface area contributed by atoms with Crippen LogP contribution in [-0.2, 0) is 23.8 Å². The van der Waals surface area contributed by atoms with Gasteiger partial charge in [0.05, 0.1) is 12.1 Å². The number of anilines is 2. The zero-order chi connectivity index (χ0) is 22.6. The van der Waals surface area contributed by atoms with Crippen LogP contribution in [0.5, 0.6) is 0 Å². The number of amides is 1. The van der Waals surface area contributed by atoms with E-state index in [2.05, 4.69) is 10.3 Å². The first-order chi connectivity index (χ1) is 13.5. The van der Waals surface area contributed by atoms with E-state index in [0.29, 0.717) is 17.1 Å². The summed E-state index contributed by atoms with van der Waals surface area (Å²) in [4.78, 5) is 15.4. The van der Waals surface area contributed by atoms with E-state index in [-0.39, 0.29) is 12.1 Å². The van der Waals surface area contributed by atoms with Crippen molar-refractivity contribution in [3.05, 3.63) is 53.3 Å². The van der Waals surface area contributed by atoms with Crippen LogP contribution >= 0.6 is 0 Å². The molecule has 0 atom stereocenters. The lowest BCUT2D eigenvalue weighted by Crippen LogP contribution is -2.17. The Hall–Kier alpha value is -2.90. The van der Waals surface area contributed by atoms with Gasteiger partial charge < -0.3 is 16.5 Å². The lowest BCUT2D eigenvalue weighted by Gasteiger charge is -2.10. The van der Waals surface area contributed by atoms with Gasteiger partial charge >= 0.3 is 6.18 Å². The SMILES string of the molecule is CC.CC(C)=N.CCc1ccc(NC(=O)Cc2cccc(C(F)(F)F)n2)cc1N. The fraction of sp³-hybridized carbons (Fsp3) is 0.381. The molecule has 1 aromatic carbocycles. The number of benzene rings is 1. The van der Waals surface area contributed by atoms with Gasteiger partial charge in [-0.3, -0.25) is 4.79 Å². The number of rotatable bonds is 4. The van der Waals surface area contributed by atoms with Crippen LogP contribution in [0.4, 0.5) is 24.5 Å². The van der Waals surface area contributed by atoms with Crippen molar-refractivity contribution in [1.82, 2.24) is 4.98 Å². The van der Waals surface area contributed by atoms with Gasteiger partial charge in [-0.2, -0.15) is 13.2 Å². The maximum Gasteiger partial charge on any atom is 0.433 e. The highest BCUT2D eigenvalue weighted by Gasteiger charge is 2.32. The molecule has 2 aromatic rings. The average Bonchev–Trinajstić information content (AvgIpc) is 2.62. The molecule has 0 unspecified atom stereocenters. The molecule has 1 heterocycles. The molecular weight excluding hydrogens is 381 g/mol. The summed E-state index contributed by atoms with van der Waals surface area (Å²) in [7, 11) is 0. The smallest absolute Gasteiger partial charge is 0.398 e. The van der Waals surface area contributed by atoms with Gasteiger partial charge in [-0.1, -0.05) is 32.9 Å². The minimum Gasteiger partial charge on any atom is -0.398 e. The van der Waals surface area contributed by atoms with E-state index in [9.17, 15) is 18.0 Å². The summed E-state index contributed by atoms with van der Waals surface area (Å²) in [6.45, 7) is 9.46. The van der Waals surface area contributed by atoms with Crippen LogP contribution in [0.25, 0.3) is 0 Å². The molecule has 0 spiro atoms. The second-order valence-corrected chi connectivity index (χ2v) is 6.00. The standard InChI is InChI=1S/C16H16F3N3O.C3H7N.C2H6/c1-2-10-6-7-12(8-13(10)20)22-15(23)9-11-4-3-5-14(21-11)16(17,18)19;1-3(2)4;1-2/h3-8H,2,9,20H2,1H3,(H,22,23);4H,1-2H3;1-2H3. The molecule has 0 aliphatic carbocycles. The van der Waals surface area contributed by atoms with Crippen molar-refractivity contribution in [3.8, 4) is 0 Å². The Kier molecular flexibility index (Phi) is 11.3. The molecule has 0 radical (unpaired) electrons. The Morgan fingerprint density at radius 3 is 2.24 bits per heavy atom. The van der Waals surface area contributed by atoms with E-state index in [1.165, 1.54) is 12.1 Å². The number of carbonyl (C=O) groups excluding carboxylic acids is 1. The van der Waals surface area contributed by atoms with Crippen molar-refractivity contribution in [2.45, 2.75) is 53.6 Å². The minimum absolute atomic E-state index is 0.0514. The summed E-state index contributed by atoms with van der Waals surface area (Å²) >= 11 is 0. The fourth-order valence-electron chi connectivity index (χ4n) is 2.10. The number of aromatic nitrogens is 1. The van der Waals surface area contributed by atoms with Crippen LogP contribution in [0.15, 0.2) is 36.4 Å². The van der Waals surface area contributed by atoms with Gasteiger partial charge in [0.25, 0.3) is 0 Å². The Morgan fingerprint density at radius 2 is 1.76 bits per heavy atom. The number of carbonyl (C=O) groups is 1. The van der Waals surface area contributed by atoms with Crippen LogP contribution in [0, 0.1) is 5.41 Å². The molecule has 0 bridgehead atoms. The number of alkyl halides is 3. The van der Waals surface area contributed by atoms with Crippen LogP contribution in [-0.4, -0.2) is 16.6 Å². The summed E-state index contributed by atoms with van der Waals surface area (Å²) in [5.41, 5.74) is 7.56. The first kappa shape index (κ1) is 26.1. The van der Waals surface area contributed by atoms with E-state index in [1.807, 2.05) is 20.8 Å². The maximum atomic E-state index is 12.6. The predicted molar refractivity (Wildman–Crippen MR) is 112 cm³/mol. The number of nitrogens with zero attached hydrogens (tertiary/aromatic N) is 1. The number of halogens is 3. The lowest BCUT2D eigenvalue weighted by molar-refractivity contribution is -0.141. The quantitative estimate of drug-likeness (QED) is 0.459. The molecule has 29 heavy (non-hydrogen) atoms. The van der Waals surface area contributed by atoms with E-state index in [0.717, 1.165) is 18.1 Å². The summed E-state index contributed by atoms with van der Waals surface area (Å²) < 4.78 is 37.8. The molecular formula is C21H29F3N4O. The second-order valence-electron chi connectivity index (χ2n) is 6.00. The third kappa shape index (κ3) is 10.3. The summed E-state index contributed by atoms with van der Waals surface area (Å²) in [5.74, 6) is -0.458. The zero-order valence-corrected chi connectivity index (χ0v) is 17.4. The zero-order valence-electron chi connectivity index (χ0n) is 17.4. The molecule has 2 rings (SSSR count). The van der Waals surface area contributed by atoms with Crippen LogP contribution < -0.4 is 11.1 Å². The Morgan fingerprint density at radius 1 is 1.17 bits per heavy atom. The predicted octanol–water partition coefficient (Wildman–Crippen LogP) is 5.50. The average molecular weight is 410 g/mol.